The summed E-state index contributed by atoms with van der Waals surface area (Å²) in [6, 6.07) is 3.75. The molecule has 3 atom stereocenters. The van der Waals surface area contributed by atoms with Crippen LogP contribution in [0.3, 0.4) is 0 Å². The summed E-state index contributed by atoms with van der Waals surface area (Å²) in [7, 11) is 4.83. The number of hydrogen-bond acceptors (Lipinski definition) is 8. The predicted octanol–water partition coefficient (Wildman–Crippen LogP) is 3.90. The second kappa shape index (κ2) is 8.55. The van der Waals surface area contributed by atoms with Gasteiger partial charge in [-0.2, -0.15) is 4.52 Å². The van der Waals surface area contributed by atoms with E-state index >= 15 is 0 Å². The average Bonchev–Trinajstić information content (AvgIpc) is 3.24. The molecule has 1 aromatic carbocycles. The van der Waals surface area contributed by atoms with Gasteiger partial charge in [-0.25, -0.2) is 4.98 Å². The summed E-state index contributed by atoms with van der Waals surface area (Å²) in [5, 5.41) is 15.5. The summed E-state index contributed by atoms with van der Waals surface area (Å²) in [6.45, 7) is 8.24. The van der Waals surface area contributed by atoms with E-state index in [1.807, 2.05) is 19.1 Å². The van der Waals surface area contributed by atoms with Crippen molar-refractivity contribution in [3.8, 4) is 23.1 Å². The number of ether oxygens (including phenoxy) is 3. The number of fused-ring (bicyclic) bond motifs is 1. The normalized spacial score (nSPS) is 20.7. The molecule has 3 aromatic rings. The van der Waals surface area contributed by atoms with Gasteiger partial charge in [0.25, 0.3) is 0 Å². The van der Waals surface area contributed by atoms with E-state index in [4.69, 9.17) is 14.2 Å². The van der Waals surface area contributed by atoms with Crippen molar-refractivity contribution in [1.29, 1.82) is 0 Å². The van der Waals surface area contributed by atoms with Gasteiger partial charge in [-0.3, -0.25) is 4.90 Å². The average molecular weight is 447 g/mol. The van der Waals surface area contributed by atoms with Crippen LogP contribution in [0.4, 0.5) is 0 Å². The number of aryl methyl sites for hydroxylation is 1. The predicted molar refractivity (Wildman–Crippen MR) is 120 cm³/mol. The summed E-state index contributed by atoms with van der Waals surface area (Å²) in [6.07, 6.45) is 1.19. The molecule has 0 amide bonds. The Morgan fingerprint density at radius 2 is 1.68 bits per heavy atom. The Hall–Kier alpha value is -2.52. The first-order chi connectivity index (χ1) is 14.9. The second-order valence-corrected chi connectivity index (χ2v) is 9.41. The van der Waals surface area contributed by atoms with Gasteiger partial charge >= 0.3 is 0 Å². The van der Waals surface area contributed by atoms with Crippen LogP contribution < -0.4 is 14.2 Å². The zero-order valence-electron chi connectivity index (χ0n) is 18.9. The van der Waals surface area contributed by atoms with E-state index in [1.54, 1.807) is 21.3 Å². The quantitative estimate of drug-likeness (QED) is 0.615. The molecule has 2 aromatic heterocycles. The van der Waals surface area contributed by atoms with Crippen LogP contribution in [0, 0.1) is 18.8 Å². The Morgan fingerprint density at radius 1 is 1.06 bits per heavy atom. The summed E-state index contributed by atoms with van der Waals surface area (Å²) < 4.78 is 18.3. The molecule has 0 unspecified atom stereocenters. The van der Waals surface area contributed by atoms with E-state index in [0.29, 0.717) is 39.9 Å². The van der Waals surface area contributed by atoms with E-state index in [1.165, 1.54) is 22.3 Å². The Morgan fingerprint density at radius 3 is 2.19 bits per heavy atom. The lowest BCUT2D eigenvalue weighted by Crippen LogP contribution is -2.41. The number of rotatable bonds is 6. The molecule has 1 saturated heterocycles. The highest BCUT2D eigenvalue weighted by Crippen LogP contribution is 2.46. The molecule has 8 nitrogen and oxygen atoms in total. The molecule has 0 radical (unpaired) electrons. The van der Waals surface area contributed by atoms with Crippen molar-refractivity contribution in [2.75, 3.05) is 34.4 Å². The second-order valence-electron chi connectivity index (χ2n) is 8.40. The van der Waals surface area contributed by atoms with Crippen LogP contribution in [0.1, 0.15) is 42.6 Å². The van der Waals surface area contributed by atoms with Gasteiger partial charge in [0, 0.05) is 13.1 Å². The Labute approximate surface area is 186 Å². The maximum absolute atomic E-state index is 11.1. The van der Waals surface area contributed by atoms with Crippen LogP contribution >= 0.6 is 11.3 Å². The van der Waals surface area contributed by atoms with Gasteiger partial charge < -0.3 is 19.3 Å². The number of nitrogens with zero attached hydrogens (tertiary/aromatic N) is 4. The van der Waals surface area contributed by atoms with E-state index in [-0.39, 0.29) is 11.9 Å². The molecule has 168 valence electrons. The Bertz CT molecular complexity index is 1040. The zero-order valence-corrected chi connectivity index (χ0v) is 19.7. The van der Waals surface area contributed by atoms with Crippen molar-refractivity contribution < 1.29 is 19.3 Å². The molecule has 3 heterocycles. The maximum Gasteiger partial charge on any atom is 0.230 e. The number of aromatic hydroxyl groups is 1. The van der Waals surface area contributed by atoms with Crippen molar-refractivity contribution in [2.45, 2.75) is 33.2 Å². The lowest BCUT2D eigenvalue weighted by atomic mass is 9.89. The number of piperidine rings is 1. The number of likely N-dealkylation sites (tertiary alicyclic amines) is 1. The highest BCUT2D eigenvalue weighted by atomic mass is 32.1. The topological polar surface area (TPSA) is 81.4 Å². The lowest BCUT2D eigenvalue weighted by Gasteiger charge is -2.40. The molecule has 0 bridgehead atoms. The third kappa shape index (κ3) is 3.92. The zero-order chi connectivity index (χ0) is 22.3. The molecule has 1 aliphatic rings. The molecule has 0 aliphatic carbocycles. The van der Waals surface area contributed by atoms with Gasteiger partial charge in [0.1, 0.15) is 5.82 Å². The van der Waals surface area contributed by atoms with Crippen LogP contribution in [0.15, 0.2) is 12.1 Å². The third-order valence-corrected chi connectivity index (χ3v) is 6.89. The fourth-order valence-electron chi connectivity index (χ4n) is 4.74. The highest BCUT2D eigenvalue weighted by Gasteiger charge is 2.34. The summed E-state index contributed by atoms with van der Waals surface area (Å²) >= 11 is 1.47. The minimum atomic E-state index is -0.187. The van der Waals surface area contributed by atoms with E-state index in [0.717, 1.165) is 23.5 Å². The van der Waals surface area contributed by atoms with Crippen molar-refractivity contribution in [3.63, 3.8) is 0 Å². The molecule has 9 heteroatoms. The Kier molecular flexibility index (Phi) is 5.98. The van der Waals surface area contributed by atoms with Gasteiger partial charge in [0.05, 0.1) is 32.2 Å². The fraction of sp³-hybridized carbons (Fsp3) is 0.545. The van der Waals surface area contributed by atoms with Crippen LogP contribution in [-0.4, -0.2) is 59.0 Å². The van der Waals surface area contributed by atoms with E-state index in [9.17, 15) is 5.11 Å². The molecule has 1 N–H and O–H groups in total. The number of benzene rings is 1. The summed E-state index contributed by atoms with van der Waals surface area (Å²) in [4.78, 5) is 8.38. The van der Waals surface area contributed by atoms with Crippen LogP contribution in [0.5, 0.6) is 23.1 Å². The molecule has 1 aliphatic heterocycles. The number of hydrogen-bond donors (Lipinski definition) is 1. The van der Waals surface area contributed by atoms with Crippen molar-refractivity contribution in [1.82, 2.24) is 19.5 Å². The highest BCUT2D eigenvalue weighted by molar-refractivity contribution is 7.17. The first-order valence-corrected chi connectivity index (χ1v) is 11.3. The van der Waals surface area contributed by atoms with Gasteiger partial charge in [0.2, 0.25) is 16.6 Å². The van der Waals surface area contributed by atoms with E-state index in [2.05, 4.69) is 28.8 Å². The lowest BCUT2D eigenvalue weighted by molar-refractivity contribution is 0.111. The standard InChI is InChI=1S/C22H30N4O4S/c1-12-7-13(2)11-25(10-12)18(20-21(27)26-22(31-20)23-14(3)24-26)15-8-16(28-4)19(30-6)17(9-15)29-5/h8-9,12-13,18,27H,7,10-11H2,1-6H3/t12-,13-,18+/m0/s1. The van der Waals surface area contributed by atoms with Crippen LogP contribution in [-0.2, 0) is 0 Å². The van der Waals surface area contributed by atoms with Gasteiger partial charge in [0.15, 0.2) is 11.5 Å². The minimum Gasteiger partial charge on any atom is -0.493 e. The largest absolute Gasteiger partial charge is 0.493 e. The monoisotopic (exact) mass is 446 g/mol. The molecular formula is C22H30N4O4S. The number of thiazole rings is 1. The fourth-order valence-corrected chi connectivity index (χ4v) is 5.90. The van der Waals surface area contributed by atoms with Crippen molar-refractivity contribution in [2.24, 2.45) is 11.8 Å². The smallest absolute Gasteiger partial charge is 0.230 e. The van der Waals surface area contributed by atoms with Crippen molar-refractivity contribution >= 4 is 16.3 Å². The molecule has 0 saturated carbocycles. The maximum atomic E-state index is 11.1. The summed E-state index contributed by atoms with van der Waals surface area (Å²) in [5.74, 6) is 3.61. The van der Waals surface area contributed by atoms with E-state index < -0.39 is 0 Å². The van der Waals surface area contributed by atoms with Gasteiger partial charge in [-0.15, -0.1) is 5.10 Å². The van der Waals surface area contributed by atoms with Gasteiger partial charge in [-0.05, 0) is 42.9 Å². The minimum absolute atomic E-state index is 0.130. The van der Waals surface area contributed by atoms with Crippen molar-refractivity contribution in [3.05, 3.63) is 28.4 Å². The molecule has 0 spiro atoms. The number of aromatic nitrogens is 3. The Balaban J connectivity index is 1.90. The number of methoxy groups -OCH3 is 3. The first kappa shape index (κ1) is 21.7. The first-order valence-electron chi connectivity index (χ1n) is 10.4. The molecule has 4 rings (SSSR count). The van der Waals surface area contributed by atoms with Crippen LogP contribution in [0.2, 0.25) is 0 Å². The SMILES string of the molecule is COc1cc([C@H](c2sc3nc(C)nn3c2O)N2C[C@@H](C)C[C@H](C)C2)cc(OC)c1OC. The molecule has 31 heavy (non-hydrogen) atoms. The summed E-state index contributed by atoms with van der Waals surface area (Å²) in [5.41, 5.74) is 0.965. The molecule has 1 fully saturated rings. The van der Waals surface area contributed by atoms with Crippen LogP contribution in [0.25, 0.3) is 4.96 Å². The third-order valence-electron chi connectivity index (χ3n) is 5.82. The van der Waals surface area contributed by atoms with Gasteiger partial charge in [-0.1, -0.05) is 25.2 Å². The molecular weight excluding hydrogens is 416 g/mol.